The molecule has 0 spiro atoms. The van der Waals surface area contributed by atoms with Crippen LogP contribution in [-0.4, -0.2) is 9.97 Å². The average Bonchev–Trinajstić information content (AvgIpc) is 2.77. The number of pyridine rings is 1. The lowest BCUT2D eigenvalue weighted by atomic mass is 10.1. The fourth-order valence-electron chi connectivity index (χ4n) is 1.77. The number of hydrogen-bond donors (Lipinski definition) is 1. The topological polar surface area (TPSA) is 37.8 Å². The second kappa shape index (κ2) is 5.38. The van der Waals surface area contributed by atoms with Crippen molar-refractivity contribution in [3.05, 3.63) is 46.2 Å². The van der Waals surface area contributed by atoms with Crippen molar-refractivity contribution in [2.75, 3.05) is 0 Å². The zero-order valence-corrected chi connectivity index (χ0v) is 11.2. The van der Waals surface area contributed by atoms with Crippen LogP contribution in [-0.2, 0) is 0 Å². The fraction of sp³-hybridized carbons (Fsp3) is 0.385. The highest BCUT2D eigenvalue weighted by atomic mass is 32.1. The Balaban J connectivity index is 2.02. The van der Waals surface area contributed by atoms with Crippen LogP contribution in [0.25, 0.3) is 0 Å². The Morgan fingerprint density at radius 2 is 2.12 bits per heavy atom. The lowest BCUT2D eigenvalue weighted by molar-refractivity contribution is 0.486. The van der Waals surface area contributed by atoms with E-state index in [4.69, 9.17) is 0 Å². The highest BCUT2D eigenvalue weighted by Gasteiger charge is 2.13. The van der Waals surface area contributed by atoms with Crippen molar-refractivity contribution in [3.63, 3.8) is 0 Å². The van der Waals surface area contributed by atoms with E-state index in [2.05, 4.69) is 40.6 Å². The molecule has 0 radical (unpaired) electrons. The molecule has 2 unspecified atom stereocenters. The van der Waals surface area contributed by atoms with Gasteiger partial charge in [0.1, 0.15) is 0 Å². The minimum Gasteiger partial charge on any atom is -0.302 e. The lowest BCUT2D eigenvalue weighted by Crippen LogP contribution is -2.22. The molecule has 4 heteroatoms. The van der Waals surface area contributed by atoms with Crippen molar-refractivity contribution in [2.45, 2.75) is 32.9 Å². The van der Waals surface area contributed by atoms with Gasteiger partial charge in [0, 0.05) is 29.9 Å². The van der Waals surface area contributed by atoms with Crippen molar-refractivity contribution in [2.24, 2.45) is 0 Å². The molecule has 17 heavy (non-hydrogen) atoms. The molecule has 2 rings (SSSR count). The molecule has 0 aliphatic carbocycles. The summed E-state index contributed by atoms with van der Waals surface area (Å²) in [7, 11) is 0. The largest absolute Gasteiger partial charge is 0.302 e. The van der Waals surface area contributed by atoms with E-state index in [0.717, 1.165) is 10.7 Å². The van der Waals surface area contributed by atoms with Crippen molar-refractivity contribution >= 4 is 11.3 Å². The Morgan fingerprint density at radius 3 is 2.71 bits per heavy atom. The molecule has 0 saturated heterocycles. The van der Waals surface area contributed by atoms with Gasteiger partial charge in [-0.1, -0.05) is 6.07 Å². The van der Waals surface area contributed by atoms with Gasteiger partial charge in [0.05, 0.1) is 10.7 Å². The van der Waals surface area contributed by atoms with Crippen LogP contribution in [0.2, 0.25) is 0 Å². The minimum absolute atomic E-state index is 0.259. The summed E-state index contributed by atoms with van der Waals surface area (Å²) in [5.41, 5.74) is 2.31. The lowest BCUT2D eigenvalue weighted by Gasteiger charge is -2.18. The van der Waals surface area contributed by atoms with Gasteiger partial charge in [-0.3, -0.25) is 4.98 Å². The summed E-state index contributed by atoms with van der Waals surface area (Å²) < 4.78 is 0. The molecule has 2 aromatic heterocycles. The van der Waals surface area contributed by atoms with Gasteiger partial charge in [-0.05, 0) is 32.4 Å². The summed E-state index contributed by atoms with van der Waals surface area (Å²) in [6, 6.07) is 4.59. The monoisotopic (exact) mass is 247 g/mol. The molecule has 0 aromatic carbocycles. The Morgan fingerprint density at radius 1 is 1.29 bits per heavy atom. The molecule has 0 aliphatic heterocycles. The quantitative estimate of drug-likeness (QED) is 0.901. The molecule has 90 valence electrons. The zero-order valence-electron chi connectivity index (χ0n) is 10.3. The first-order valence-electron chi connectivity index (χ1n) is 5.75. The van der Waals surface area contributed by atoms with Crippen molar-refractivity contribution in [1.29, 1.82) is 0 Å². The first-order valence-corrected chi connectivity index (χ1v) is 6.63. The first-order chi connectivity index (χ1) is 8.16. The molecule has 3 nitrogen and oxygen atoms in total. The number of aryl methyl sites for hydroxylation is 1. The third-order valence-corrected chi connectivity index (χ3v) is 3.56. The van der Waals surface area contributed by atoms with Crippen LogP contribution in [0.15, 0.2) is 29.9 Å². The predicted octanol–water partition coefficient (Wildman–Crippen LogP) is 3.26. The smallest absolute Gasteiger partial charge is 0.0898 e. The van der Waals surface area contributed by atoms with Gasteiger partial charge in [0.2, 0.25) is 0 Å². The molecular weight excluding hydrogens is 230 g/mol. The van der Waals surface area contributed by atoms with Crippen LogP contribution >= 0.6 is 11.3 Å². The maximum absolute atomic E-state index is 4.50. The second-order valence-electron chi connectivity index (χ2n) is 4.19. The molecule has 0 amide bonds. The summed E-state index contributed by atoms with van der Waals surface area (Å²) in [4.78, 5) is 8.63. The van der Waals surface area contributed by atoms with Crippen LogP contribution in [0, 0.1) is 6.92 Å². The summed E-state index contributed by atoms with van der Waals surface area (Å²) in [5, 5.41) is 6.76. The van der Waals surface area contributed by atoms with E-state index in [9.17, 15) is 0 Å². The van der Waals surface area contributed by atoms with Gasteiger partial charge < -0.3 is 5.32 Å². The first kappa shape index (κ1) is 12.2. The predicted molar refractivity (Wildman–Crippen MR) is 71.1 cm³/mol. The maximum atomic E-state index is 4.50. The summed E-state index contributed by atoms with van der Waals surface area (Å²) in [6.45, 7) is 6.32. The number of hydrogen-bond acceptors (Lipinski definition) is 4. The Hall–Kier alpha value is -1.26. The van der Waals surface area contributed by atoms with Gasteiger partial charge >= 0.3 is 0 Å². The van der Waals surface area contributed by atoms with Crippen LogP contribution in [0.5, 0.6) is 0 Å². The van der Waals surface area contributed by atoms with Crippen LogP contribution < -0.4 is 5.32 Å². The maximum Gasteiger partial charge on any atom is 0.0898 e. The van der Waals surface area contributed by atoms with Gasteiger partial charge in [0.15, 0.2) is 0 Å². The molecule has 0 saturated carbocycles. The Kier molecular flexibility index (Phi) is 3.86. The van der Waals surface area contributed by atoms with E-state index in [-0.39, 0.29) is 12.1 Å². The summed E-state index contributed by atoms with van der Waals surface area (Å²) >= 11 is 1.69. The van der Waals surface area contributed by atoms with E-state index in [1.54, 1.807) is 17.5 Å². The van der Waals surface area contributed by atoms with E-state index < -0.39 is 0 Å². The molecule has 2 heterocycles. The molecule has 2 aromatic rings. The minimum atomic E-state index is 0.259. The molecule has 1 N–H and O–H groups in total. The van der Waals surface area contributed by atoms with E-state index in [1.165, 1.54) is 5.56 Å². The SMILES string of the molecule is Cc1nc(C(C)NC(C)c2cccnc2)cs1. The molecule has 0 bridgehead atoms. The summed E-state index contributed by atoms with van der Waals surface area (Å²) in [5.74, 6) is 0. The highest BCUT2D eigenvalue weighted by Crippen LogP contribution is 2.20. The molecular formula is C13H17N3S. The number of nitrogens with zero attached hydrogens (tertiary/aromatic N) is 2. The van der Waals surface area contributed by atoms with Gasteiger partial charge in [0.25, 0.3) is 0 Å². The molecule has 0 fully saturated rings. The third kappa shape index (κ3) is 3.11. The van der Waals surface area contributed by atoms with Crippen molar-refractivity contribution < 1.29 is 0 Å². The fourth-order valence-corrected chi connectivity index (χ4v) is 2.47. The van der Waals surface area contributed by atoms with Gasteiger partial charge in [-0.25, -0.2) is 4.98 Å². The number of thiazole rings is 1. The highest BCUT2D eigenvalue weighted by molar-refractivity contribution is 7.09. The Labute approximate surface area is 106 Å². The third-order valence-electron chi connectivity index (χ3n) is 2.76. The van der Waals surface area contributed by atoms with Crippen LogP contribution in [0.4, 0.5) is 0 Å². The van der Waals surface area contributed by atoms with Crippen molar-refractivity contribution in [3.8, 4) is 0 Å². The second-order valence-corrected chi connectivity index (χ2v) is 5.25. The van der Waals surface area contributed by atoms with E-state index >= 15 is 0 Å². The number of aromatic nitrogens is 2. The average molecular weight is 247 g/mol. The van der Waals surface area contributed by atoms with Gasteiger partial charge in [-0.15, -0.1) is 11.3 Å². The molecule has 0 aliphatic rings. The van der Waals surface area contributed by atoms with Crippen LogP contribution in [0.3, 0.4) is 0 Å². The van der Waals surface area contributed by atoms with E-state index in [0.29, 0.717) is 0 Å². The zero-order chi connectivity index (χ0) is 12.3. The standard InChI is InChI=1S/C13H17N3S/c1-9(12-5-4-6-14-7-12)15-10(2)13-8-17-11(3)16-13/h4-10,15H,1-3H3. The number of nitrogens with one attached hydrogen (secondary N) is 1. The number of rotatable bonds is 4. The molecule has 2 atom stereocenters. The van der Waals surface area contributed by atoms with Gasteiger partial charge in [-0.2, -0.15) is 0 Å². The van der Waals surface area contributed by atoms with Crippen molar-refractivity contribution in [1.82, 2.24) is 15.3 Å². The van der Waals surface area contributed by atoms with Crippen LogP contribution in [0.1, 0.15) is 42.2 Å². The summed E-state index contributed by atoms with van der Waals surface area (Å²) in [6.07, 6.45) is 3.69. The van der Waals surface area contributed by atoms with E-state index in [1.807, 2.05) is 19.2 Å². The Bertz CT molecular complexity index is 467. The normalized spacial score (nSPS) is 14.5.